The minimum absolute atomic E-state index is 0.557. The molecule has 1 fully saturated rings. The Bertz CT molecular complexity index is 665. The minimum Gasteiger partial charge on any atom is -0.343 e. The summed E-state index contributed by atoms with van der Waals surface area (Å²) in [4.78, 5) is 0. The Morgan fingerprint density at radius 3 is 2.95 bits per heavy atom. The first-order valence-electron chi connectivity index (χ1n) is 7.80. The van der Waals surface area contributed by atoms with E-state index in [1.165, 1.54) is 71.8 Å². The Balaban J connectivity index is 1.91. The van der Waals surface area contributed by atoms with Crippen molar-refractivity contribution in [3.8, 4) is 0 Å². The largest absolute Gasteiger partial charge is 0.343 e. The van der Waals surface area contributed by atoms with E-state index >= 15 is 0 Å². The number of nitrogens with one attached hydrogen (secondary N) is 1. The zero-order valence-corrected chi connectivity index (χ0v) is 13.6. The number of nitrogens with zero attached hydrogens (tertiary/aromatic N) is 1. The predicted molar refractivity (Wildman–Crippen MR) is 87.3 cm³/mol. The summed E-state index contributed by atoms with van der Waals surface area (Å²) >= 11 is 3.82. The van der Waals surface area contributed by atoms with Crippen LogP contribution in [0.4, 0.5) is 0 Å². The molecule has 1 aromatic heterocycles. The third kappa shape index (κ3) is 1.86. The molecule has 2 aliphatic heterocycles. The van der Waals surface area contributed by atoms with E-state index in [9.17, 15) is 0 Å². The van der Waals surface area contributed by atoms with Crippen molar-refractivity contribution in [2.75, 3.05) is 6.54 Å². The Kier molecular flexibility index (Phi) is 3.15. The van der Waals surface area contributed by atoms with Gasteiger partial charge in [0.2, 0.25) is 0 Å². The highest BCUT2D eigenvalue weighted by molar-refractivity contribution is 9.10. The fourth-order valence-corrected chi connectivity index (χ4v) is 4.44. The van der Waals surface area contributed by atoms with Crippen molar-refractivity contribution < 1.29 is 0 Å². The van der Waals surface area contributed by atoms with Crippen molar-refractivity contribution in [1.29, 1.82) is 0 Å². The van der Waals surface area contributed by atoms with Gasteiger partial charge in [-0.2, -0.15) is 0 Å². The summed E-state index contributed by atoms with van der Waals surface area (Å²) in [6.07, 6.45) is 6.46. The van der Waals surface area contributed by atoms with Gasteiger partial charge in [0, 0.05) is 28.1 Å². The summed E-state index contributed by atoms with van der Waals surface area (Å²) in [6, 6.07) is 5.44. The van der Waals surface area contributed by atoms with Crippen LogP contribution in [-0.4, -0.2) is 11.1 Å². The molecule has 2 aromatic rings. The second-order valence-corrected chi connectivity index (χ2v) is 7.03. The number of benzene rings is 1. The number of aryl methyl sites for hydroxylation is 2. The van der Waals surface area contributed by atoms with Gasteiger partial charge in [-0.05, 0) is 72.3 Å². The maximum atomic E-state index is 3.82. The Hall–Kier alpha value is -0.800. The molecule has 0 bridgehead atoms. The number of aromatic nitrogens is 1. The Morgan fingerprint density at radius 2 is 2.15 bits per heavy atom. The third-order valence-electron chi connectivity index (χ3n) is 4.98. The maximum Gasteiger partial charge on any atom is 0.0526 e. The number of rotatable bonds is 1. The van der Waals surface area contributed by atoms with Gasteiger partial charge in [-0.25, -0.2) is 0 Å². The average molecular weight is 333 g/mol. The van der Waals surface area contributed by atoms with Gasteiger partial charge in [-0.3, -0.25) is 0 Å². The molecule has 0 saturated carbocycles. The van der Waals surface area contributed by atoms with Gasteiger partial charge in [0.1, 0.15) is 0 Å². The first kappa shape index (κ1) is 12.9. The van der Waals surface area contributed by atoms with Crippen molar-refractivity contribution in [2.24, 2.45) is 0 Å². The lowest BCUT2D eigenvalue weighted by molar-refractivity contribution is 0.412. The Labute approximate surface area is 128 Å². The molecule has 106 valence electrons. The van der Waals surface area contributed by atoms with Crippen molar-refractivity contribution in [2.45, 2.75) is 51.6 Å². The summed E-state index contributed by atoms with van der Waals surface area (Å²) in [5, 5.41) is 5.11. The maximum absolute atomic E-state index is 3.82. The lowest BCUT2D eigenvalue weighted by atomic mass is 9.93. The fraction of sp³-hybridized carbons (Fsp3) is 0.529. The molecule has 2 aliphatic rings. The van der Waals surface area contributed by atoms with E-state index in [1.54, 1.807) is 5.56 Å². The van der Waals surface area contributed by atoms with Crippen LogP contribution in [0.3, 0.4) is 0 Å². The quantitative estimate of drug-likeness (QED) is 0.815. The molecule has 2 nitrogen and oxygen atoms in total. The Morgan fingerprint density at radius 1 is 1.25 bits per heavy atom. The van der Waals surface area contributed by atoms with E-state index in [4.69, 9.17) is 0 Å². The van der Waals surface area contributed by atoms with E-state index in [-0.39, 0.29) is 0 Å². The van der Waals surface area contributed by atoms with Crippen LogP contribution < -0.4 is 5.32 Å². The second kappa shape index (κ2) is 4.88. The van der Waals surface area contributed by atoms with Gasteiger partial charge in [0.25, 0.3) is 0 Å². The minimum atomic E-state index is 0.557. The highest BCUT2D eigenvalue weighted by Gasteiger charge is 2.22. The molecular formula is C17H21BrN2. The zero-order valence-electron chi connectivity index (χ0n) is 12.0. The molecule has 0 radical (unpaired) electrons. The zero-order chi connectivity index (χ0) is 13.7. The molecule has 20 heavy (non-hydrogen) atoms. The van der Waals surface area contributed by atoms with Crippen molar-refractivity contribution in [3.05, 3.63) is 33.4 Å². The lowest BCUT2D eigenvalue weighted by Gasteiger charge is -2.25. The van der Waals surface area contributed by atoms with E-state index in [1.807, 2.05) is 0 Å². The van der Waals surface area contributed by atoms with Gasteiger partial charge in [-0.15, -0.1) is 0 Å². The summed E-state index contributed by atoms with van der Waals surface area (Å²) in [5.41, 5.74) is 5.90. The molecule has 3 heterocycles. The van der Waals surface area contributed by atoms with Gasteiger partial charge in [0.15, 0.2) is 0 Å². The smallest absolute Gasteiger partial charge is 0.0526 e. The van der Waals surface area contributed by atoms with Gasteiger partial charge in [0.05, 0.1) is 5.52 Å². The molecule has 1 N–H and O–H groups in total. The molecular weight excluding hydrogens is 312 g/mol. The molecule has 0 spiro atoms. The normalized spacial score (nSPS) is 22.4. The predicted octanol–water partition coefficient (Wildman–Crippen LogP) is 4.47. The number of hydrogen-bond donors (Lipinski definition) is 1. The average Bonchev–Trinajstić information content (AvgIpc) is 2.75. The lowest BCUT2D eigenvalue weighted by Crippen LogP contribution is -2.26. The van der Waals surface area contributed by atoms with Crippen molar-refractivity contribution in [1.82, 2.24) is 9.88 Å². The van der Waals surface area contributed by atoms with E-state index < -0.39 is 0 Å². The number of hydrogen-bond acceptors (Lipinski definition) is 1. The summed E-state index contributed by atoms with van der Waals surface area (Å²) in [5.74, 6) is 0. The van der Waals surface area contributed by atoms with Gasteiger partial charge < -0.3 is 9.88 Å². The first-order valence-corrected chi connectivity index (χ1v) is 8.59. The van der Waals surface area contributed by atoms with E-state index in [2.05, 4.69) is 44.9 Å². The topological polar surface area (TPSA) is 17.0 Å². The highest BCUT2D eigenvalue weighted by atomic mass is 79.9. The van der Waals surface area contributed by atoms with Crippen molar-refractivity contribution >= 4 is 26.8 Å². The molecule has 0 amide bonds. The van der Waals surface area contributed by atoms with Crippen LogP contribution in [0, 0.1) is 6.92 Å². The van der Waals surface area contributed by atoms with Crippen LogP contribution in [0.2, 0.25) is 0 Å². The second-order valence-electron chi connectivity index (χ2n) is 6.23. The first-order chi connectivity index (χ1) is 9.75. The standard InChI is InChI=1S/C17H21BrN2/c1-11-16(18)14-10-13(15-6-2-3-7-19-15)9-12-5-4-8-20(11)17(12)14/h9-10,15,19H,2-8H2,1H3. The van der Waals surface area contributed by atoms with Crippen LogP contribution in [0.1, 0.15) is 48.5 Å². The monoisotopic (exact) mass is 332 g/mol. The third-order valence-corrected chi connectivity index (χ3v) is 5.98. The van der Waals surface area contributed by atoms with Crippen LogP contribution in [-0.2, 0) is 13.0 Å². The van der Waals surface area contributed by atoms with Gasteiger partial charge in [-0.1, -0.05) is 12.5 Å². The summed E-state index contributed by atoms with van der Waals surface area (Å²) in [6.45, 7) is 4.57. The van der Waals surface area contributed by atoms with E-state index in [0.717, 1.165) is 0 Å². The summed E-state index contributed by atoms with van der Waals surface area (Å²) in [7, 11) is 0. The van der Waals surface area contributed by atoms with E-state index in [0.29, 0.717) is 6.04 Å². The molecule has 3 heteroatoms. The fourth-order valence-electron chi connectivity index (χ4n) is 3.92. The summed E-state index contributed by atoms with van der Waals surface area (Å²) < 4.78 is 3.80. The number of halogens is 1. The van der Waals surface area contributed by atoms with Gasteiger partial charge >= 0.3 is 0 Å². The molecule has 0 aliphatic carbocycles. The highest BCUT2D eigenvalue weighted by Crippen LogP contribution is 2.38. The number of piperidine rings is 1. The molecule has 4 rings (SSSR count). The SMILES string of the molecule is Cc1c(Br)c2cc(C3CCCCN3)cc3c2n1CCC3. The van der Waals surface area contributed by atoms with Crippen LogP contribution >= 0.6 is 15.9 Å². The molecule has 1 aromatic carbocycles. The molecule has 1 atom stereocenters. The van der Waals surface area contributed by atoms with Crippen LogP contribution in [0.25, 0.3) is 10.9 Å². The molecule has 1 unspecified atom stereocenters. The van der Waals surface area contributed by atoms with Crippen molar-refractivity contribution in [3.63, 3.8) is 0 Å². The van der Waals surface area contributed by atoms with Crippen LogP contribution in [0.15, 0.2) is 16.6 Å². The van der Waals surface area contributed by atoms with Crippen LogP contribution in [0.5, 0.6) is 0 Å². The molecule has 1 saturated heterocycles.